The molecule has 1 aromatic heterocycles. The van der Waals surface area contributed by atoms with Crippen molar-refractivity contribution >= 4 is 15.7 Å². The first-order valence-corrected chi connectivity index (χ1v) is 8.34. The van der Waals surface area contributed by atoms with Gasteiger partial charge in [-0.05, 0) is 31.2 Å². The summed E-state index contributed by atoms with van der Waals surface area (Å²) in [6.07, 6.45) is 1.16. The highest BCUT2D eigenvalue weighted by atomic mass is 32.2. The molecule has 1 fully saturated rings. The van der Waals surface area contributed by atoms with Gasteiger partial charge in [-0.1, -0.05) is 5.16 Å². The lowest BCUT2D eigenvalue weighted by Gasteiger charge is -2.35. The first kappa shape index (κ1) is 15.0. The highest BCUT2D eigenvalue weighted by Gasteiger charge is 2.31. The molecule has 3 rings (SSSR count). The fourth-order valence-electron chi connectivity index (χ4n) is 2.51. The Hall–Kier alpha value is -1.93. The van der Waals surface area contributed by atoms with Gasteiger partial charge in [-0.3, -0.25) is 0 Å². The van der Waals surface area contributed by atoms with E-state index in [0.717, 1.165) is 12.0 Å². The number of aromatic nitrogens is 1. The summed E-state index contributed by atoms with van der Waals surface area (Å²) >= 11 is 0. The highest BCUT2D eigenvalue weighted by Crippen LogP contribution is 2.22. The maximum Gasteiger partial charge on any atom is 0.248 e. The second-order valence-electron chi connectivity index (χ2n) is 5.13. The standard InChI is InChI=1S/C14H16FN3O3S/c1-11-14(10-21-16-11)22(19,20)18-8-6-17(7-9-18)13-4-2-12(15)3-5-13/h2-5,10H,6-9H2,1H3. The van der Waals surface area contributed by atoms with Crippen LogP contribution < -0.4 is 4.90 Å². The first-order chi connectivity index (χ1) is 10.5. The summed E-state index contributed by atoms with van der Waals surface area (Å²) < 4.78 is 44.1. The van der Waals surface area contributed by atoms with Crippen molar-refractivity contribution in [1.29, 1.82) is 0 Å². The van der Waals surface area contributed by atoms with E-state index in [1.54, 1.807) is 19.1 Å². The first-order valence-electron chi connectivity index (χ1n) is 6.90. The number of halogens is 1. The molecule has 0 bridgehead atoms. The van der Waals surface area contributed by atoms with Gasteiger partial charge in [0.15, 0.2) is 0 Å². The third-order valence-corrected chi connectivity index (χ3v) is 5.75. The average Bonchev–Trinajstić information content (AvgIpc) is 2.95. The summed E-state index contributed by atoms with van der Waals surface area (Å²) in [5.74, 6) is -0.284. The van der Waals surface area contributed by atoms with E-state index in [0.29, 0.717) is 31.9 Å². The minimum atomic E-state index is -3.57. The van der Waals surface area contributed by atoms with Crippen LogP contribution in [0.4, 0.5) is 10.1 Å². The second kappa shape index (κ2) is 5.69. The van der Waals surface area contributed by atoms with Crippen LogP contribution >= 0.6 is 0 Å². The van der Waals surface area contributed by atoms with Gasteiger partial charge in [0, 0.05) is 31.9 Å². The summed E-state index contributed by atoms with van der Waals surface area (Å²) in [5, 5.41) is 3.62. The van der Waals surface area contributed by atoms with E-state index in [1.165, 1.54) is 16.4 Å². The van der Waals surface area contributed by atoms with E-state index in [2.05, 4.69) is 5.16 Å². The van der Waals surface area contributed by atoms with E-state index in [-0.39, 0.29) is 10.7 Å². The summed E-state index contributed by atoms with van der Waals surface area (Å²) in [5.41, 5.74) is 1.25. The summed E-state index contributed by atoms with van der Waals surface area (Å²) in [6.45, 7) is 3.43. The normalized spacial score (nSPS) is 16.9. The molecule has 0 spiro atoms. The maximum absolute atomic E-state index is 12.9. The van der Waals surface area contributed by atoms with Gasteiger partial charge in [-0.15, -0.1) is 0 Å². The lowest BCUT2D eigenvalue weighted by molar-refractivity contribution is 0.383. The summed E-state index contributed by atoms with van der Waals surface area (Å²) in [4.78, 5) is 2.15. The molecule has 1 aromatic carbocycles. The van der Waals surface area contributed by atoms with Crippen molar-refractivity contribution in [2.75, 3.05) is 31.1 Å². The van der Waals surface area contributed by atoms with Gasteiger partial charge in [-0.25, -0.2) is 12.8 Å². The molecule has 0 amide bonds. The quantitative estimate of drug-likeness (QED) is 0.858. The van der Waals surface area contributed by atoms with E-state index in [4.69, 9.17) is 4.52 Å². The molecule has 118 valence electrons. The Kier molecular flexibility index (Phi) is 3.88. The average molecular weight is 325 g/mol. The molecule has 0 unspecified atom stereocenters. The number of benzene rings is 1. The van der Waals surface area contributed by atoms with Crippen LogP contribution in [-0.4, -0.2) is 44.1 Å². The zero-order valence-electron chi connectivity index (χ0n) is 12.1. The Bertz CT molecular complexity index is 750. The molecule has 6 nitrogen and oxygen atoms in total. The fourth-order valence-corrected chi connectivity index (χ4v) is 4.01. The molecule has 2 heterocycles. The van der Waals surface area contributed by atoms with E-state index >= 15 is 0 Å². The molecule has 8 heteroatoms. The number of hydrogen-bond acceptors (Lipinski definition) is 5. The molecule has 0 N–H and O–H groups in total. The molecular formula is C14H16FN3O3S. The van der Waals surface area contributed by atoms with Crippen LogP contribution in [0.25, 0.3) is 0 Å². The van der Waals surface area contributed by atoms with Crippen LogP contribution in [-0.2, 0) is 10.0 Å². The minimum absolute atomic E-state index is 0.114. The van der Waals surface area contributed by atoms with Gasteiger partial charge in [0.2, 0.25) is 10.0 Å². The number of anilines is 1. The SMILES string of the molecule is Cc1nocc1S(=O)(=O)N1CCN(c2ccc(F)cc2)CC1. The van der Waals surface area contributed by atoms with Crippen molar-refractivity contribution in [2.45, 2.75) is 11.8 Å². The van der Waals surface area contributed by atoms with Crippen LogP contribution in [0.15, 0.2) is 39.9 Å². The van der Waals surface area contributed by atoms with Gasteiger partial charge >= 0.3 is 0 Å². The van der Waals surface area contributed by atoms with Crippen molar-refractivity contribution in [2.24, 2.45) is 0 Å². The molecule has 0 radical (unpaired) electrons. The zero-order valence-corrected chi connectivity index (χ0v) is 12.9. The van der Waals surface area contributed by atoms with Gasteiger partial charge in [0.1, 0.15) is 22.7 Å². The predicted molar refractivity (Wildman–Crippen MR) is 78.6 cm³/mol. The smallest absolute Gasteiger partial charge is 0.248 e. The molecule has 2 aromatic rings. The van der Waals surface area contributed by atoms with E-state index in [1.807, 2.05) is 4.90 Å². The zero-order chi connectivity index (χ0) is 15.7. The number of aryl methyl sites for hydroxylation is 1. The fraction of sp³-hybridized carbons (Fsp3) is 0.357. The number of rotatable bonds is 3. The lowest BCUT2D eigenvalue weighted by atomic mass is 10.2. The maximum atomic E-state index is 12.9. The minimum Gasteiger partial charge on any atom is -0.369 e. The van der Waals surface area contributed by atoms with Crippen molar-refractivity contribution in [3.05, 3.63) is 42.0 Å². The van der Waals surface area contributed by atoms with Crippen LogP contribution in [0.2, 0.25) is 0 Å². The van der Waals surface area contributed by atoms with Crippen molar-refractivity contribution in [1.82, 2.24) is 9.46 Å². The van der Waals surface area contributed by atoms with E-state index in [9.17, 15) is 12.8 Å². The van der Waals surface area contributed by atoms with Gasteiger partial charge < -0.3 is 9.42 Å². The number of nitrogens with zero attached hydrogens (tertiary/aromatic N) is 3. The molecule has 0 atom stereocenters. The molecule has 0 aliphatic carbocycles. The molecular weight excluding hydrogens is 309 g/mol. The lowest BCUT2D eigenvalue weighted by Crippen LogP contribution is -2.48. The Balaban J connectivity index is 1.72. The van der Waals surface area contributed by atoms with Crippen LogP contribution in [0.3, 0.4) is 0 Å². The number of sulfonamides is 1. The van der Waals surface area contributed by atoms with Crippen LogP contribution in [0.5, 0.6) is 0 Å². The molecule has 1 aliphatic rings. The molecule has 1 aliphatic heterocycles. The van der Waals surface area contributed by atoms with Gasteiger partial charge in [0.05, 0.1) is 0 Å². The summed E-state index contributed by atoms with van der Waals surface area (Å²) in [7, 11) is -3.57. The second-order valence-corrected chi connectivity index (χ2v) is 7.04. The monoisotopic (exact) mass is 325 g/mol. The summed E-state index contributed by atoms with van der Waals surface area (Å²) in [6, 6.07) is 6.20. The Labute approximate surface area is 128 Å². The largest absolute Gasteiger partial charge is 0.369 e. The number of hydrogen-bond donors (Lipinski definition) is 0. The van der Waals surface area contributed by atoms with Crippen LogP contribution in [0, 0.1) is 12.7 Å². The molecule has 1 saturated heterocycles. The third-order valence-electron chi connectivity index (χ3n) is 3.75. The Morgan fingerprint density at radius 3 is 2.32 bits per heavy atom. The Morgan fingerprint density at radius 2 is 1.77 bits per heavy atom. The van der Waals surface area contributed by atoms with Crippen molar-refractivity contribution in [3.63, 3.8) is 0 Å². The predicted octanol–water partition coefficient (Wildman–Crippen LogP) is 1.63. The van der Waals surface area contributed by atoms with Crippen LogP contribution in [0.1, 0.15) is 5.69 Å². The molecule has 0 saturated carbocycles. The Morgan fingerprint density at radius 1 is 1.14 bits per heavy atom. The van der Waals surface area contributed by atoms with Crippen molar-refractivity contribution < 1.29 is 17.3 Å². The highest BCUT2D eigenvalue weighted by molar-refractivity contribution is 7.89. The third kappa shape index (κ3) is 2.71. The van der Waals surface area contributed by atoms with Gasteiger partial charge in [-0.2, -0.15) is 4.31 Å². The van der Waals surface area contributed by atoms with E-state index < -0.39 is 10.0 Å². The molecule has 22 heavy (non-hydrogen) atoms. The topological polar surface area (TPSA) is 66.7 Å². The number of piperazine rings is 1. The van der Waals surface area contributed by atoms with Crippen molar-refractivity contribution in [3.8, 4) is 0 Å². The van der Waals surface area contributed by atoms with Gasteiger partial charge in [0.25, 0.3) is 0 Å².